The first-order chi connectivity index (χ1) is 10.2. The summed E-state index contributed by atoms with van der Waals surface area (Å²) in [5.74, 6) is 0.0739. The van der Waals surface area contributed by atoms with Gasteiger partial charge >= 0.3 is 0 Å². The van der Waals surface area contributed by atoms with Crippen molar-refractivity contribution in [1.29, 1.82) is 0 Å². The summed E-state index contributed by atoms with van der Waals surface area (Å²) < 4.78 is 0. The molecule has 2 unspecified atom stereocenters. The lowest BCUT2D eigenvalue weighted by Gasteiger charge is -2.30. The van der Waals surface area contributed by atoms with E-state index < -0.39 is 0 Å². The molecule has 2 N–H and O–H groups in total. The number of hydrogen-bond donors (Lipinski definition) is 2. The van der Waals surface area contributed by atoms with Crippen LogP contribution in [0.15, 0.2) is 24.3 Å². The number of likely N-dealkylation sites (N-methyl/N-ethyl adjacent to an activating group) is 1. The van der Waals surface area contributed by atoms with Crippen molar-refractivity contribution in [2.45, 2.75) is 45.2 Å². The van der Waals surface area contributed by atoms with Crippen molar-refractivity contribution in [2.75, 3.05) is 25.0 Å². The second kappa shape index (κ2) is 7.46. The van der Waals surface area contributed by atoms with Crippen LogP contribution in [-0.4, -0.2) is 32.1 Å². The highest BCUT2D eigenvalue weighted by Gasteiger charge is 2.27. The summed E-state index contributed by atoms with van der Waals surface area (Å²) in [5, 5.41) is 6.41. The Labute approximate surface area is 127 Å². The van der Waals surface area contributed by atoms with Crippen molar-refractivity contribution in [3.63, 3.8) is 0 Å². The number of rotatable bonds is 5. The van der Waals surface area contributed by atoms with Crippen LogP contribution in [0.25, 0.3) is 0 Å². The number of nitrogens with one attached hydrogen (secondary N) is 2. The number of fused-ring (bicyclic) bond motifs is 1. The number of para-hydroxylation sites is 1. The summed E-state index contributed by atoms with van der Waals surface area (Å²) in [6, 6.07) is 8.74. The Balaban J connectivity index is 2.30. The van der Waals surface area contributed by atoms with E-state index in [1.54, 1.807) is 7.05 Å². The van der Waals surface area contributed by atoms with Crippen molar-refractivity contribution >= 4 is 11.6 Å². The van der Waals surface area contributed by atoms with Gasteiger partial charge in [-0.25, -0.2) is 0 Å². The summed E-state index contributed by atoms with van der Waals surface area (Å²) in [7, 11) is 1.70. The molecule has 1 aromatic rings. The average molecular weight is 289 g/mol. The maximum Gasteiger partial charge on any atom is 0.242 e. The topological polar surface area (TPSA) is 44.4 Å². The van der Waals surface area contributed by atoms with E-state index in [-0.39, 0.29) is 11.9 Å². The zero-order valence-electron chi connectivity index (χ0n) is 13.4. The van der Waals surface area contributed by atoms with Gasteiger partial charge in [0.05, 0.1) is 0 Å². The summed E-state index contributed by atoms with van der Waals surface area (Å²) in [6.45, 7) is 6.13. The fourth-order valence-corrected chi connectivity index (χ4v) is 3.07. The minimum absolute atomic E-state index is 0.0739. The summed E-state index contributed by atoms with van der Waals surface area (Å²) in [4.78, 5) is 14.3. The van der Waals surface area contributed by atoms with Gasteiger partial charge < -0.3 is 15.5 Å². The molecule has 1 aliphatic heterocycles. The largest absolute Gasteiger partial charge is 0.360 e. The van der Waals surface area contributed by atoms with Gasteiger partial charge in [-0.1, -0.05) is 25.1 Å². The second-order valence-corrected chi connectivity index (χ2v) is 5.69. The zero-order chi connectivity index (χ0) is 15.2. The lowest BCUT2D eigenvalue weighted by atomic mass is 10.0. The molecule has 21 heavy (non-hydrogen) atoms. The standard InChI is InChI=1S/C17H27N3O/c1-4-11-19-15-9-7-12-20(13(2)17(21)18-3)16-10-6-5-8-14(15)16/h5-6,8,10,13,15,19H,4,7,9,11-12H2,1-3H3,(H,18,21). The molecule has 4 heteroatoms. The van der Waals surface area contributed by atoms with Gasteiger partial charge in [0.15, 0.2) is 0 Å². The van der Waals surface area contributed by atoms with Crippen LogP contribution in [-0.2, 0) is 4.79 Å². The minimum atomic E-state index is -0.138. The fraction of sp³-hybridized carbons (Fsp3) is 0.588. The normalized spacial score (nSPS) is 19.6. The first-order valence-corrected chi connectivity index (χ1v) is 7.99. The lowest BCUT2D eigenvalue weighted by Crippen LogP contribution is -2.44. The zero-order valence-corrected chi connectivity index (χ0v) is 13.4. The Morgan fingerprint density at radius 2 is 2.19 bits per heavy atom. The minimum Gasteiger partial charge on any atom is -0.360 e. The van der Waals surface area contributed by atoms with E-state index in [9.17, 15) is 4.79 Å². The lowest BCUT2D eigenvalue weighted by molar-refractivity contribution is -0.121. The maximum atomic E-state index is 12.0. The highest BCUT2D eigenvalue weighted by molar-refractivity contribution is 5.85. The molecule has 1 aliphatic rings. The van der Waals surface area contributed by atoms with Gasteiger partial charge in [0.1, 0.15) is 6.04 Å². The quantitative estimate of drug-likeness (QED) is 0.875. The first kappa shape index (κ1) is 15.8. The predicted octanol–water partition coefficient (Wildman–Crippen LogP) is 2.46. The molecule has 4 nitrogen and oxygen atoms in total. The average Bonchev–Trinajstić information content (AvgIpc) is 2.71. The molecule has 1 amide bonds. The molecule has 1 aromatic carbocycles. The number of benzene rings is 1. The third kappa shape index (κ3) is 3.56. The van der Waals surface area contributed by atoms with Crippen LogP contribution in [0.4, 0.5) is 5.69 Å². The Kier molecular flexibility index (Phi) is 5.62. The highest BCUT2D eigenvalue weighted by Crippen LogP contribution is 2.33. The van der Waals surface area contributed by atoms with Gasteiger partial charge in [-0.3, -0.25) is 4.79 Å². The van der Waals surface area contributed by atoms with E-state index >= 15 is 0 Å². The monoisotopic (exact) mass is 289 g/mol. The Bertz CT molecular complexity index is 475. The van der Waals surface area contributed by atoms with E-state index in [0.29, 0.717) is 6.04 Å². The summed E-state index contributed by atoms with van der Waals surface area (Å²) in [5.41, 5.74) is 2.51. The van der Waals surface area contributed by atoms with Crippen molar-refractivity contribution in [2.24, 2.45) is 0 Å². The molecule has 0 fully saturated rings. The number of carbonyl (C=O) groups is 1. The molecule has 0 spiro atoms. The molecule has 2 atom stereocenters. The number of hydrogen-bond acceptors (Lipinski definition) is 3. The van der Waals surface area contributed by atoms with E-state index in [0.717, 1.165) is 32.4 Å². The van der Waals surface area contributed by atoms with Crippen LogP contribution in [0, 0.1) is 0 Å². The van der Waals surface area contributed by atoms with Gasteiger partial charge in [-0.2, -0.15) is 0 Å². The van der Waals surface area contributed by atoms with E-state index in [4.69, 9.17) is 0 Å². The van der Waals surface area contributed by atoms with Gasteiger partial charge in [0.2, 0.25) is 5.91 Å². The van der Waals surface area contributed by atoms with Crippen LogP contribution in [0.1, 0.15) is 44.7 Å². The molecule has 1 heterocycles. The van der Waals surface area contributed by atoms with Crippen molar-refractivity contribution < 1.29 is 4.79 Å². The Morgan fingerprint density at radius 1 is 1.43 bits per heavy atom. The molecule has 0 aliphatic carbocycles. The van der Waals surface area contributed by atoms with Crippen LogP contribution < -0.4 is 15.5 Å². The van der Waals surface area contributed by atoms with Crippen LogP contribution >= 0.6 is 0 Å². The van der Waals surface area contributed by atoms with Crippen molar-refractivity contribution in [3.8, 4) is 0 Å². The molecular formula is C17H27N3O. The smallest absolute Gasteiger partial charge is 0.242 e. The predicted molar refractivity (Wildman–Crippen MR) is 87.6 cm³/mol. The van der Waals surface area contributed by atoms with Crippen LogP contribution in [0.3, 0.4) is 0 Å². The molecular weight excluding hydrogens is 262 g/mol. The third-order valence-corrected chi connectivity index (χ3v) is 4.25. The molecule has 0 saturated heterocycles. The Morgan fingerprint density at radius 3 is 2.90 bits per heavy atom. The third-order valence-electron chi connectivity index (χ3n) is 4.25. The second-order valence-electron chi connectivity index (χ2n) is 5.69. The first-order valence-electron chi connectivity index (χ1n) is 7.99. The van der Waals surface area contributed by atoms with Gasteiger partial charge in [0, 0.05) is 25.3 Å². The van der Waals surface area contributed by atoms with Crippen LogP contribution in [0.5, 0.6) is 0 Å². The fourth-order valence-electron chi connectivity index (χ4n) is 3.07. The number of nitrogens with zero attached hydrogens (tertiary/aromatic N) is 1. The van der Waals surface area contributed by atoms with Crippen LogP contribution in [0.2, 0.25) is 0 Å². The molecule has 0 radical (unpaired) electrons. The maximum absolute atomic E-state index is 12.0. The summed E-state index contributed by atoms with van der Waals surface area (Å²) in [6.07, 6.45) is 3.35. The molecule has 116 valence electrons. The molecule has 0 aromatic heterocycles. The molecule has 0 saturated carbocycles. The number of carbonyl (C=O) groups excluding carboxylic acids is 1. The van der Waals surface area contributed by atoms with Crippen molar-refractivity contribution in [3.05, 3.63) is 29.8 Å². The number of amides is 1. The molecule has 2 rings (SSSR count). The highest BCUT2D eigenvalue weighted by atomic mass is 16.2. The SMILES string of the molecule is CCCNC1CCCN(C(C)C(=O)NC)c2ccccc21. The number of anilines is 1. The van der Waals surface area contributed by atoms with Crippen molar-refractivity contribution in [1.82, 2.24) is 10.6 Å². The van der Waals surface area contributed by atoms with E-state index in [1.165, 1.54) is 11.3 Å². The van der Waals surface area contributed by atoms with E-state index in [2.05, 4.69) is 46.7 Å². The molecule has 0 bridgehead atoms. The van der Waals surface area contributed by atoms with E-state index in [1.807, 2.05) is 6.92 Å². The van der Waals surface area contributed by atoms with Gasteiger partial charge in [0.25, 0.3) is 0 Å². The van der Waals surface area contributed by atoms with Gasteiger partial charge in [-0.05, 0) is 44.4 Å². The Hall–Kier alpha value is -1.55. The summed E-state index contributed by atoms with van der Waals surface area (Å²) >= 11 is 0. The van der Waals surface area contributed by atoms with Gasteiger partial charge in [-0.15, -0.1) is 0 Å².